The number of nitrogens with zero attached hydrogens (tertiary/aromatic N) is 1. The summed E-state index contributed by atoms with van der Waals surface area (Å²) in [5.74, 6) is -1.85. The molecule has 0 unspecified atom stereocenters. The molecular weight excluding hydrogens is 286 g/mol. The van der Waals surface area contributed by atoms with E-state index in [1.807, 2.05) is 0 Å². The van der Waals surface area contributed by atoms with Crippen molar-refractivity contribution in [3.8, 4) is 0 Å². The standard InChI is InChI=1S/C13H14F2N2O2S/c1-13(2,3)19-12(18)16-6-11-17-9-4-7(14)8(15)5-10(9)20-11/h4-5H,6H2,1-3H3,(H,16,18). The zero-order valence-electron chi connectivity index (χ0n) is 11.3. The zero-order chi connectivity index (χ0) is 14.9. The lowest BCUT2D eigenvalue weighted by Gasteiger charge is -2.19. The molecule has 0 radical (unpaired) electrons. The van der Waals surface area contributed by atoms with E-state index in [0.717, 1.165) is 12.1 Å². The number of hydrogen-bond donors (Lipinski definition) is 1. The van der Waals surface area contributed by atoms with Crippen LogP contribution in [0.1, 0.15) is 25.8 Å². The predicted octanol–water partition coefficient (Wildman–Crippen LogP) is 3.60. The number of fused-ring (bicyclic) bond motifs is 1. The molecule has 0 fully saturated rings. The lowest BCUT2D eigenvalue weighted by atomic mass is 10.2. The highest BCUT2D eigenvalue weighted by atomic mass is 32.1. The molecule has 4 nitrogen and oxygen atoms in total. The Morgan fingerprint density at radius 3 is 2.65 bits per heavy atom. The smallest absolute Gasteiger partial charge is 0.408 e. The monoisotopic (exact) mass is 300 g/mol. The first-order valence-electron chi connectivity index (χ1n) is 5.96. The number of halogens is 2. The average Bonchev–Trinajstić information content (AvgIpc) is 2.67. The molecule has 20 heavy (non-hydrogen) atoms. The van der Waals surface area contributed by atoms with E-state index in [0.29, 0.717) is 15.2 Å². The molecule has 1 aromatic heterocycles. The molecule has 0 saturated carbocycles. The summed E-state index contributed by atoms with van der Waals surface area (Å²) in [6.45, 7) is 5.43. The van der Waals surface area contributed by atoms with E-state index in [1.165, 1.54) is 11.3 Å². The number of rotatable bonds is 2. The van der Waals surface area contributed by atoms with Crippen LogP contribution in [0.4, 0.5) is 13.6 Å². The maximum absolute atomic E-state index is 13.1. The molecule has 1 N–H and O–H groups in total. The minimum Gasteiger partial charge on any atom is -0.444 e. The molecule has 0 aliphatic rings. The molecule has 0 saturated heterocycles. The number of amides is 1. The van der Waals surface area contributed by atoms with Crippen LogP contribution < -0.4 is 5.32 Å². The summed E-state index contributed by atoms with van der Waals surface area (Å²) >= 11 is 1.19. The van der Waals surface area contributed by atoms with E-state index in [-0.39, 0.29) is 6.54 Å². The summed E-state index contributed by atoms with van der Waals surface area (Å²) in [5, 5.41) is 3.10. The molecule has 1 heterocycles. The molecule has 0 aliphatic carbocycles. The molecule has 0 aliphatic heterocycles. The summed E-state index contributed by atoms with van der Waals surface area (Å²) < 4.78 is 31.7. The third kappa shape index (κ3) is 3.63. The highest BCUT2D eigenvalue weighted by Gasteiger charge is 2.16. The molecule has 2 aromatic rings. The van der Waals surface area contributed by atoms with Gasteiger partial charge >= 0.3 is 6.09 Å². The Labute approximate surface area is 118 Å². The Morgan fingerprint density at radius 1 is 1.35 bits per heavy atom. The zero-order valence-corrected chi connectivity index (χ0v) is 12.1. The van der Waals surface area contributed by atoms with Crippen molar-refractivity contribution < 1.29 is 18.3 Å². The van der Waals surface area contributed by atoms with Crippen LogP contribution in [0.2, 0.25) is 0 Å². The number of aromatic nitrogens is 1. The van der Waals surface area contributed by atoms with E-state index in [4.69, 9.17) is 4.74 Å². The van der Waals surface area contributed by atoms with Gasteiger partial charge in [-0.3, -0.25) is 0 Å². The number of carbonyl (C=O) groups is 1. The number of nitrogens with one attached hydrogen (secondary N) is 1. The van der Waals surface area contributed by atoms with Gasteiger partial charge in [-0.05, 0) is 26.8 Å². The first-order chi connectivity index (χ1) is 9.24. The van der Waals surface area contributed by atoms with E-state index in [9.17, 15) is 13.6 Å². The van der Waals surface area contributed by atoms with Crippen molar-refractivity contribution in [2.75, 3.05) is 0 Å². The Morgan fingerprint density at radius 2 is 2.00 bits per heavy atom. The predicted molar refractivity (Wildman–Crippen MR) is 72.6 cm³/mol. The van der Waals surface area contributed by atoms with Crippen molar-refractivity contribution in [1.82, 2.24) is 10.3 Å². The molecule has 7 heteroatoms. The second-order valence-electron chi connectivity index (χ2n) is 5.20. The van der Waals surface area contributed by atoms with Crippen LogP contribution in [0.3, 0.4) is 0 Å². The maximum atomic E-state index is 13.1. The van der Waals surface area contributed by atoms with Crippen molar-refractivity contribution in [3.05, 3.63) is 28.8 Å². The minimum absolute atomic E-state index is 0.150. The van der Waals surface area contributed by atoms with Crippen LogP contribution in [0.15, 0.2) is 12.1 Å². The van der Waals surface area contributed by atoms with Crippen molar-refractivity contribution in [2.24, 2.45) is 0 Å². The van der Waals surface area contributed by atoms with Gasteiger partial charge in [0, 0.05) is 6.07 Å². The molecular formula is C13H14F2N2O2S. The third-order valence-electron chi connectivity index (χ3n) is 2.26. The van der Waals surface area contributed by atoms with Gasteiger partial charge in [0.2, 0.25) is 0 Å². The number of ether oxygens (including phenoxy) is 1. The summed E-state index contributed by atoms with van der Waals surface area (Å²) in [7, 11) is 0. The van der Waals surface area contributed by atoms with Crippen molar-refractivity contribution in [3.63, 3.8) is 0 Å². The van der Waals surface area contributed by atoms with Gasteiger partial charge in [0.1, 0.15) is 10.6 Å². The van der Waals surface area contributed by atoms with Crippen LogP contribution in [0, 0.1) is 11.6 Å². The topological polar surface area (TPSA) is 51.2 Å². The summed E-state index contributed by atoms with van der Waals surface area (Å²) in [6.07, 6.45) is -0.561. The Hall–Kier alpha value is -1.76. The van der Waals surface area contributed by atoms with Crippen LogP contribution in [-0.4, -0.2) is 16.7 Å². The minimum atomic E-state index is -0.936. The Kier molecular flexibility index (Phi) is 3.89. The van der Waals surface area contributed by atoms with Gasteiger partial charge < -0.3 is 10.1 Å². The van der Waals surface area contributed by atoms with Crippen LogP contribution in [0.5, 0.6) is 0 Å². The Balaban J connectivity index is 2.05. The fraction of sp³-hybridized carbons (Fsp3) is 0.385. The van der Waals surface area contributed by atoms with E-state index >= 15 is 0 Å². The molecule has 0 atom stereocenters. The average molecular weight is 300 g/mol. The van der Waals surface area contributed by atoms with Gasteiger partial charge in [-0.15, -0.1) is 11.3 Å². The van der Waals surface area contributed by atoms with Gasteiger partial charge in [-0.1, -0.05) is 0 Å². The largest absolute Gasteiger partial charge is 0.444 e. The van der Waals surface area contributed by atoms with E-state index in [2.05, 4.69) is 10.3 Å². The van der Waals surface area contributed by atoms with Gasteiger partial charge in [-0.25, -0.2) is 18.6 Å². The lowest BCUT2D eigenvalue weighted by Crippen LogP contribution is -2.32. The quantitative estimate of drug-likeness (QED) is 0.922. The molecule has 1 amide bonds. The first kappa shape index (κ1) is 14.6. The highest BCUT2D eigenvalue weighted by molar-refractivity contribution is 7.18. The molecule has 0 bridgehead atoms. The second kappa shape index (κ2) is 5.32. The molecule has 108 valence electrons. The summed E-state index contributed by atoms with van der Waals surface area (Å²) in [6, 6.07) is 2.14. The number of alkyl carbamates (subject to hydrolysis) is 1. The first-order valence-corrected chi connectivity index (χ1v) is 6.77. The number of hydrogen-bond acceptors (Lipinski definition) is 4. The summed E-state index contributed by atoms with van der Waals surface area (Å²) in [5.41, 5.74) is -0.209. The second-order valence-corrected chi connectivity index (χ2v) is 6.31. The van der Waals surface area contributed by atoms with Crippen LogP contribution >= 0.6 is 11.3 Å². The highest BCUT2D eigenvalue weighted by Crippen LogP contribution is 2.24. The normalized spacial score (nSPS) is 11.7. The van der Waals surface area contributed by atoms with Crippen molar-refractivity contribution in [1.29, 1.82) is 0 Å². The number of thiazole rings is 1. The van der Waals surface area contributed by atoms with Gasteiger partial charge in [0.05, 0.1) is 16.8 Å². The van der Waals surface area contributed by atoms with Gasteiger partial charge in [-0.2, -0.15) is 0 Å². The molecule has 2 rings (SSSR count). The molecule has 0 spiro atoms. The summed E-state index contributed by atoms with van der Waals surface area (Å²) in [4.78, 5) is 15.6. The van der Waals surface area contributed by atoms with Crippen LogP contribution in [0.25, 0.3) is 10.2 Å². The Bertz CT molecular complexity index is 611. The lowest BCUT2D eigenvalue weighted by molar-refractivity contribution is 0.0523. The fourth-order valence-corrected chi connectivity index (χ4v) is 2.42. The van der Waals surface area contributed by atoms with Gasteiger partial charge in [0.25, 0.3) is 0 Å². The number of carbonyl (C=O) groups excluding carboxylic acids is 1. The van der Waals surface area contributed by atoms with Crippen molar-refractivity contribution in [2.45, 2.75) is 32.9 Å². The van der Waals surface area contributed by atoms with Crippen LogP contribution in [-0.2, 0) is 11.3 Å². The molecule has 1 aromatic carbocycles. The van der Waals surface area contributed by atoms with E-state index in [1.54, 1.807) is 20.8 Å². The third-order valence-corrected chi connectivity index (χ3v) is 3.28. The number of benzene rings is 1. The van der Waals surface area contributed by atoms with Gasteiger partial charge in [0.15, 0.2) is 11.6 Å². The van der Waals surface area contributed by atoms with Crippen molar-refractivity contribution >= 4 is 27.6 Å². The SMILES string of the molecule is CC(C)(C)OC(=O)NCc1nc2cc(F)c(F)cc2s1. The fourth-order valence-electron chi connectivity index (χ4n) is 1.51. The van der Waals surface area contributed by atoms with E-state index < -0.39 is 23.3 Å². The maximum Gasteiger partial charge on any atom is 0.408 e.